The largest absolute Gasteiger partial charge is 0.372 e. The first kappa shape index (κ1) is 13.8. The van der Waals surface area contributed by atoms with Crippen LogP contribution in [0.3, 0.4) is 0 Å². The predicted octanol–water partition coefficient (Wildman–Crippen LogP) is 0.986. The first-order chi connectivity index (χ1) is 8.99. The number of hydrogen-bond acceptors (Lipinski definition) is 4. The quantitative estimate of drug-likeness (QED) is 0.848. The van der Waals surface area contributed by atoms with Crippen LogP contribution >= 0.6 is 0 Å². The van der Waals surface area contributed by atoms with Crippen LogP contribution in [0.1, 0.15) is 34.6 Å². The van der Waals surface area contributed by atoms with Crippen LogP contribution in [0.25, 0.3) is 0 Å². The lowest BCUT2D eigenvalue weighted by Gasteiger charge is -2.25. The van der Waals surface area contributed by atoms with Crippen molar-refractivity contribution in [2.75, 3.05) is 25.0 Å². The number of pyridine rings is 1. The van der Waals surface area contributed by atoms with Crippen LogP contribution in [-0.2, 0) is 0 Å². The Balaban J connectivity index is 2.28. The molecular weight excluding hydrogens is 240 g/mol. The molecule has 1 saturated heterocycles. The van der Waals surface area contributed by atoms with E-state index in [9.17, 15) is 4.79 Å². The van der Waals surface area contributed by atoms with Gasteiger partial charge in [-0.2, -0.15) is 0 Å². The van der Waals surface area contributed by atoms with Crippen molar-refractivity contribution in [3.8, 4) is 0 Å². The lowest BCUT2D eigenvalue weighted by atomic mass is 10.1. The number of anilines is 1. The number of aryl methyl sites for hydroxylation is 2. The Kier molecular flexibility index (Phi) is 4.04. The highest BCUT2D eigenvalue weighted by Crippen LogP contribution is 2.23. The van der Waals surface area contributed by atoms with E-state index in [-0.39, 0.29) is 0 Å². The van der Waals surface area contributed by atoms with E-state index in [0.717, 1.165) is 24.5 Å². The molecule has 1 unspecified atom stereocenters. The number of nitrogens with zero attached hydrogens (tertiary/aromatic N) is 2. The zero-order valence-corrected chi connectivity index (χ0v) is 11.9. The van der Waals surface area contributed by atoms with E-state index in [1.54, 1.807) is 0 Å². The molecule has 0 aliphatic carbocycles. The van der Waals surface area contributed by atoms with Crippen molar-refractivity contribution in [1.82, 2.24) is 10.3 Å². The molecule has 1 atom stereocenters. The number of rotatable bonds is 4. The van der Waals surface area contributed by atoms with Crippen molar-refractivity contribution < 1.29 is 4.79 Å². The second kappa shape index (κ2) is 5.57. The van der Waals surface area contributed by atoms with Crippen molar-refractivity contribution >= 4 is 11.6 Å². The van der Waals surface area contributed by atoms with E-state index in [2.05, 4.69) is 15.2 Å². The molecule has 0 saturated carbocycles. The molecule has 1 aromatic rings. The third-order valence-corrected chi connectivity index (χ3v) is 3.62. The van der Waals surface area contributed by atoms with E-state index in [4.69, 9.17) is 5.73 Å². The highest BCUT2D eigenvalue weighted by Gasteiger charge is 2.20. The molecular formula is C14H22N4O. The Labute approximate surface area is 114 Å². The van der Waals surface area contributed by atoms with Gasteiger partial charge in [-0.15, -0.1) is 0 Å². The summed E-state index contributed by atoms with van der Waals surface area (Å²) in [5.74, 6) is -0.411. The summed E-state index contributed by atoms with van der Waals surface area (Å²) in [6, 6.07) is 2.42. The van der Waals surface area contributed by atoms with Crippen LogP contribution in [0.2, 0.25) is 0 Å². The number of likely N-dealkylation sites (N-methyl/N-ethyl adjacent to an activating group) is 1. The van der Waals surface area contributed by atoms with Gasteiger partial charge in [-0.05, 0) is 39.3 Å². The molecule has 5 heteroatoms. The number of carbonyl (C=O) groups excluding carboxylic acids is 1. The van der Waals surface area contributed by atoms with Crippen molar-refractivity contribution in [3.05, 3.63) is 23.0 Å². The number of nitrogens with one attached hydrogen (secondary N) is 1. The fourth-order valence-electron chi connectivity index (χ4n) is 2.76. The van der Waals surface area contributed by atoms with Gasteiger partial charge in [0.05, 0.1) is 16.9 Å². The van der Waals surface area contributed by atoms with Crippen LogP contribution in [0.4, 0.5) is 5.69 Å². The topological polar surface area (TPSA) is 71.2 Å². The minimum absolute atomic E-state index is 0.411. The standard InChI is InChI=1S/C14H22N4O/c1-9-7-12(13(14(15)19)10(2)17-9)18(3)8-11-5-4-6-16-11/h7,11,16H,4-6,8H2,1-3H3,(H2,15,19). The van der Waals surface area contributed by atoms with Gasteiger partial charge in [0.1, 0.15) is 0 Å². The smallest absolute Gasteiger partial charge is 0.252 e. The van der Waals surface area contributed by atoms with Gasteiger partial charge < -0.3 is 16.0 Å². The predicted molar refractivity (Wildman–Crippen MR) is 76.5 cm³/mol. The fourth-order valence-corrected chi connectivity index (χ4v) is 2.76. The summed E-state index contributed by atoms with van der Waals surface area (Å²) in [4.78, 5) is 18.1. The maximum atomic E-state index is 11.6. The number of primary amides is 1. The van der Waals surface area contributed by atoms with Gasteiger partial charge in [-0.3, -0.25) is 9.78 Å². The third kappa shape index (κ3) is 3.04. The second-order valence-corrected chi connectivity index (χ2v) is 5.28. The summed E-state index contributed by atoms with van der Waals surface area (Å²) in [5.41, 5.74) is 8.51. The van der Waals surface area contributed by atoms with E-state index >= 15 is 0 Å². The first-order valence-electron chi connectivity index (χ1n) is 6.71. The minimum atomic E-state index is -0.411. The van der Waals surface area contributed by atoms with Gasteiger partial charge in [0, 0.05) is 25.3 Å². The van der Waals surface area contributed by atoms with E-state index in [1.807, 2.05) is 27.0 Å². The fraction of sp³-hybridized carbons (Fsp3) is 0.571. The molecule has 1 aromatic heterocycles. The summed E-state index contributed by atoms with van der Waals surface area (Å²) < 4.78 is 0. The number of nitrogens with two attached hydrogens (primary N) is 1. The number of aromatic nitrogens is 1. The van der Waals surface area contributed by atoms with Crippen molar-refractivity contribution in [2.24, 2.45) is 5.73 Å². The summed E-state index contributed by atoms with van der Waals surface area (Å²) >= 11 is 0. The molecule has 104 valence electrons. The maximum absolute atomic E-state index is 11.6. The molecule has 1 amide bonds. The lowest BCUT2D eigenvalue weighted by Crippen LogP contribution is -2.36. The highest BCUT2D eigenvalue weighted by molar-refractivity contribution is 5.99. The average Bonchev–Trinajstić information content (AvgIpc) is 2.79. The molecule has 2 rings (SSSR count). The molecule has 5 nitrogen and oxygen atoms in total. The van der Waals surface area contributed by atoms with Gasteiger partial charge in [0.15, 0.2) is 0 Å². The second-order valence-electron chi connectivity index (χ2n) is 5.28. The Hall–Kier alpha value is -1.62. The number of amides is 1. The molecule has 19 heavy (non-hydrogen) atoms. The van der Waals surface area contributed by atoms with Gasteiger partial charge in [-0.25, -0.2) is 0 Å². The van der Waals surface area contributed by atoms with Crippen LogP contribution in [-0.4, -0.2) is 37.1 Å². The van der Waals surface area contributed by atoms with Crippen molar-refractivity contribution in [2.45, 2.75) is 32.7 Å². The maximum Gasteiger partial charge on any atom is 0.252 e. The Morgan fingerprint density at radius 2 is 2.32 bits per heavy atom. The zero-order valence-electron chi connectivity index (χ0n) is 11.9. The monoisotopic (exact) mass is 262 g/mol. The Morgan fingerprint density at radius 1 is 1.58 bits per heavy atom. The summed E-state index contributed by atoms with van der Waals surface area (Å²) in [5, 5.41) is 3.46. The first-order valence-corrected chi connectivity index (χ1v) is 6.71. The van der Waals surface area contributed by atoms with Gasteiger partial charge >= 0.3 is 0 Å². The van der Waals surface area contributed by atoms with E-state index < -0.39 is 5.91 Å². The highest BCUT2D eigenvalue weighted by atomic mass is 16.1. The van der Waals surface area contributed by atoms with Gasteiger partial charge in [0.2, 0.25) is 0 Å². The minimum Gasteiger partial charge on any atom is -0.372 e. The summed E-state index contributed by atoms with van der Waals surface area (Å²) in [6.45, 7) is 5.72. The van der Waals surface area contributed by atoms with Gasteiger partial charge in [0.25, 0.3) is 5.91 Å². The molecule has 2 heterocycles. The van der Waals surface area contributed by atoms with Crippen LogP contribution < -0.4 is 16.0 Å². The number of carbonyl (C=O) groups is 1. The summed E-state index contributed by atoms with van der Waals surface area (Å²) in [6.07, 6.45) is 2.40. The molecule has 0 radical (unpaired) electrons. The van der Waals surface area contributed by atoms with E-state index in [0.29, 0.717) is 17.3 Å². The van der Waals surface area contributed by atoms with Crippen LogP contribution in [0.15, 0.2) is 6.07 Å². The molecule has 0 spiro atoms. The molecule has 1 fully saturated rings. The Bertz CT molecular complexity index is 481. The summed E-state index contributed by atoms with van der Waals surface area (Å²) in [7, 11) is 2.00. The third-order valence-electron chi connectivity index (χ3n) is 3.62. The normalized spacial score (nSPS) is 18.6. The van der Waals surface area contributed by atoms with Crippen molar-refractivity contribution in [1.29, 1.82) is 0 Å². The van der Waals surface area contributed by atoms with E-state index in [1.165, 1.54) is 12.8 Å². The van der Waals surface area contributed by atoms with Gasteiger partial charge in [-0.1, -0.05) is 0 Å². The Morgan fingerprint density at radius 3 is 2.89 bits per heavy atom. The average molecular weight is 262 g/mol. The zero-order chi connectivity index (χ0) is 14.0. The molecule has 3 N–H and O–H groups in total. The SMILES string of the molecule is Cc1cc(N(C)CC2CCCN2)c(C(N)=O)c(C)n1. The molecule has 1 aliphatic heterocycles. The van der Waals surface area contributed by atoms with Crippen LogP contribution in [0.5, 0.6) is 0 Å². The molecule has 0 aromatic carbocycles. The number of hydrogen-bond donors (Lipinski definition) is 2. The molecule has 1 aliphatic rings. The van der Waals surface area contributed by atoms with Crippen LogP contribution in [0, 0.1) is 13.8 Å². The van der Waals surface area contributed by atoms with Crippen molar-refractivity contribution in [3.63, 3.8) is 0 Å². The molecule has 0 bridgehead atoms. The lowest BCUT2D eigenvalue weighted by molar-refractivity contribution is 0.1000.